The number of amides is 4. The molecule has 3 aromatic carbocycles. The number of nitrogens with one attached hydrogen (secondary N) is 2. The summed E-state index contributed by atoms with van der Waals surface area (Å²) in [6.45, 7) is 4.49. The lowest BCUT2D eigenvalue weighted by atomic mass is 9.94. The Morgan fingerprint density at radius 2 is 1.13 bits per heavy atom. The van der Waals surface area contributed by atoms with Gasteiger partial charge in [-0.1, -0.05) is 93.3 Å². The Kier molecular flexibility index (Phi) is 11.4. The average molecular weight is 705 g/mol. The molecule has 2 aliphatic heterocycles. The number of rotatable bonds is 15. The van der Waals surface area contributed by atoms with E-state index in [0.29, 0.717) is 24.2 Å². The van der Waals surface area contributed by atoms with Gasteiger partial charge >= 0.3 is 0 Å². The predicted octanol–water partition coefficient (Wildman–Crippen LogP) is 5.92. The van der Waals surface area contributed by atoms with Crippen LogP contribution in [0.5, 0.6) is 0 Å². The molecule has 2 heterocycles. The van der Waals surface area contributed by atoms with Crippen LogP contribution in [0, 0.1) is 11.8 Å². The first-order valence-electron chi connectivity index (χ1n) is 19.4. The summed E-state index contributed by atoms with van der Waals surface area (Å²) in [4.78, 5) is 58.2. The molecule has 2 N–H and O–H groups in total. The van der Waals surface area contributed by atoms with E-state index in [1.165, 1.54) is 36.8 Å². The van der Waals surface area contributed by atoms with Gasteiger partial charge in [-0.05, 0) is 61.1 Å². The second-order valence-electron chi connectivity index (χ2n) is 15.2. The van der Waals surface area contributed by atoms with Crippen molar-refractivity contribution in [3.8, 4) is 0 Å². The minimum atomic E-state index is -0.655. The van der Waals surface area contributed by atoms with Crippen molar-refractivity contribution >= 4 is 23.6 Å². The topological polar surface area (TPSA) is 108 Å². The quantitative estimate of drug-likeness (QED) is 0.191. The summed E-state index contributed by atoms with van der Waals surface area (Å²) >= 11 is 0. The van der Waals surface area contributed by atoms with Gasteiger partial charge in [0.05, 0.1) is 17.9 Å². The van der Waals surface area contributed by atoms with Gasteiger partial charge in [-0.2, -0.15) is 0 Å². The third-order valence-electron chi connectivity index (χ3n) is 11.4. The zero-order chi connectivity index (χ0) is 36.0. The molecule has 7 rings (SSSR count). The highest BCUT2D eigenvalue weighted by atomic mass is 16.5. The standard InChI is InChI=1S/C43H52N4O5/c1-2-3-4-5-12-23-52-33-21-22-46(26-33)42(50)31-17-19-32(20-18-31)43(51)47-27-36(40(48)44-38-24-34(38)29-13-8-6-9-14-29)37(28-47)41(49)45-39-25-35(39)30-15-10-7-11-16-30/h6-11,13-20,33-39H,2-5,12,21-28H2,1H3,(H,44,48)(H,45,49)/t33-,34-,35-,36-,37-,38+,39+/m1/s1. The Balaban J connectivity index is 0.960. The molecule has 274 valence electrons. The van der Waals surface area contributed by atoms with Crippen LogP contribution in [0.25, 0.3) is 0 Å². The maximum Gasteiger partial charge on any atom is 0.253 e. The van der Waals surface area contributed by atoms with Crippen LogP contribution in [0.3, 0.4) is 0 Å². The maximum absolute atomic E-state index is 13.8. The van der Waals surface area contributed by atoms with Crippen molar-refractivity contribution in [2.45, 2.75) is 88.3 Å². The lowest BCUT2D eigenvalue weighted by molar-refractivity contribution is -0.133. The van der Waals surface area contributed by atoms with E-state index in [-0.39, 0.29) is 66.7 Å². The normalized spacial score (nSPS) is 26.2. The Morgan fingerprint density at radius 1 is 0.635 bits per heavy atom. The van der Waals surface area contributed by atoms with Crippen LogP contribution in [0.4, 0.5) is 0 Å². The van der Waals surface area contributed by atoms with Gasteiger partial charge in [0.1, 0.15) is 0 Å². The van der Waals surface area contributed by atoms with Gasteiger partial charge in [-0.15, -0.1) is 0 Å². The van der Waals surface area contributed by atoms with E-state index >= 15 is 0 Å². The van der Waals surface area contributed by atoms with Crippen molar-refractivity contribution in [1.82, 2.24) is 20.4 Å². The Labute approximate surface area is 307 Å². The third kappa shape index (κ3) is 8.58. The van der Waals surface area contributed by atoms with Crippen molar-refractivity contribution in [2.24, 2.45) is 11.8 Å². The fourth-order valence-electron chi connectivity index (χ4n) is 8.05. The van der Waals surface area contributed by atoms with Gasteiger partial charge in [0, 0.05) is 67.8 Å². The maximum atomic E-state index is 13.8. The zero-order valence-electron chi connectivity index (χ0n) is 30.3. The molecule has 2 saturated heterocycles. The summed E-state index contributed by atoms with van der Waals surface area (Å²) in [5.41, 5.74) is 3.35. The summed E-state index contributed by atoms with van der Waals surface area (Å²) < 4.78 is 6.06. The number of unbranched alkanes of at least 4 members (excludes halogenated alkanes) is 4. The van der Waals surface area contributed by atoms with E-state index < -0.39 is 11.8 Å². The summed E-state index contributed by atoms with van der Waals surface area (Å²) in [5, 5.41) is 6.39. The first kappa shape index (κ1) is 35.9. The van der Waals surface area contributed by atoms with Crippen LogP contribution >= 0.6 is 0 Å². The first-order chi connectivity index (χ1) is 25.4. The molecule has 0 aromatic heterocycles. The molecule has 0 unspecified atom stereocenters. The van der Waals surface area contributed by atoms with E-state index in [9.17, 15) is 19.2 Å². The Bertz CT molecular complexity index is 1620. The molecule has 2 aliphatic carbocycles. The largest absolute Gasteiger partial charge is 0.376 e. The molecular formula is C43H52N4O5. The van der Waals surface area contributed by atoms with Crippen LogP contribution in [0.1, 0.15) is 102 Å². The minimum absolute atomic E-state index is 0.0207. The number of likely N-dealkylation sites (tertiary alicyclic amines) is 2. The molecule has 2 saturated carbocycles. The van der Waals surface area contributed by atoms with Crippen molar-refractivity contribution in [3.63, 3.8) is 0 Å². The van der Waals surface area contributed by atoms with Crippen molar-refractivity contribution in [2.75, 3.05) is 32.8 Å². The molecule has 4 fully saturated rings. The molecule has 0 radical (unpaired) electrons. The van der Waals surface area contributed by atoms with E-state index in [4.69, 9.17) is 4.74 Å². The van der Waals surface area contributed by atoms with E-state index in [0.717, 1.165) is 32.3 Å². The number of hydrogen-bond donors (Lipinski definition) is 2. The monoisotopic (exact) mass is 704 g/mol. The highest BCUT2D eigenvalue weighted by Crippen LogP contribution is 2.42. The number of benzene rings is 3. The highest BCUT2D eigenvalue weighted by molar-refractivity contribution is 5.99. The molecule has 9 nitrogen and oxygen atoms in total. The second-order valence-corrected chi connectivity index (χ2v) is 15.2. The third-order valence-corrected chi connectivity index (χ3v) is 11.4. The van der Waals surface area contributed by atoms with Crippen LogP contribution in [0.15, 0.2) is 84.9 Å². The number of nitrogens with zero attached hydrogens (tertiary/aromatic N) is 2. The number of carbonyl (C=O) groups is 4. The van der Waals surface area contributed by atoms with Crippen LogP contribution in [-0.4, -0.2) is 84.4 Å². The molecule has 3 aromatic rings. The number of ether oxygens (including phenoxy) is 1. The van der Waals surface area contributed by atoms with E-state index in [2.05, 4.69) is 41.8 Å². The molecule has 4 amide bonds. The van der Waals surface area contributed by atoms with E-state index in [1.54, 1.807) is 29.2 Å². The second kappa shape index (κ2) is 16.4. The minimum Gasteiger partial charge on any atom is -0.376 e. The summed E-state index contributed by atoms with van der Waals surface area (Å²) in [6.07, 6.45) is 8.57. The summed E-state index contributed by atoms with van der Waals surface area (Å²) in [5.74, 6) is -1.47. The molecule has 7 atom stereocenters. The van der Waals surface area contributed by atoms with Crippen LogP contribution in [0.2, 0.25) is 0 Å². The van der Waals surface area contributed by atoms with Crippen LogP contribution in [-0.2, 0) is 14.3 Å². The van der Waals surface area contributed by atoms with E-state index in [1.807, 2.05) is 41.3 Å². The predicted molar refractivity (Wildman–Crippen MR) is 200 cm³/mol. The van der Waals surface area contributed by atoms with Gasteiger partial charge in [0.2, 0.25) is 11.8 Å². The first-order valence-corrected chi connectivity index (χ1v) is 19.4. The van der Waals surface area contributed by atoms with Crippen molar-refractivity contribution in [1.29, 1.82) is 0 Å². The van der Waals surface area contributed by atoms with Gasteiger partial charge in [-0.25, -0.2) is 0 Å². The molecule has 0 spiro atoms. The van der Waals surface area contributed by atoms with Crippen molar-refractivity contribution < 1.29 is 23.9 Å². The Morgan fingerprint density at radius 3 is 1.65 bits per heavy atom. The Hall–Kier alpha value is -4.50. The van der Waals surface area contributed by atoms with Crippen LogP contribution < -0.4 is 10.6 Å². The molecule has 4 aliphatic rings. The fraction of sp³-hybridized carbons (Fsp3) is 0.488. The SMILES string of the molecule is CCCCCCCO[C@@H]1CCN(C(=O)c2ccc(C(=O)N3C[C@@H](C(=O)N[C@H]4C[C@@H]4c4ccccc4)[C@H](C(=O)N[C@H]4C[C@@H]4c4ccccc4)C3)cc2)C1. The summed E-state index contributed by atoms with van der Waals surface area (Å²) in [6, 6.07) is 27.1. The smallest absolute Gasteiger partial charge is 0.253 e. The molecular weight excluding hydrogens is 652 g/mol. The number of hydrogen-bond acceptors (Lipinski definition) is 5. The fourth-order valence-corrected chi connectivity index (χ4v) is 8.05. The van der Waals surface area contributed by atoms with Gasteiger partial charge in [0.25, 0.3) is 11.8 Å². The molecule has 0 bridgehead atoms. The molecule has 52 heavy (non-hydrogen) atoms. The molecule has 9 heteroatoms. The van der Waals surface area contributed by atoms with Gasteiger partial charge in [-0.3, -0.25) is 19.2 Å². The highest BCUT2D eigenvalue weighted by Gasteiger charge is 2.49. The van der Waals surface area contributed by atoms with Gasteiger partial charge in [0.15, 0.2) is 0 Å². The lowest BCUT2D eigenvalue weighted by Crippen LogP contribution is -2.43. The summed E-state index contributed by atoms with van der Waals surface area (Å²) in [7, 11) is 0. The number of carbonyl (C=O) groups excluding carboxylic acids is 4. The van der Waals surface area contributed by atoms with Gasteiger partial charge < -0.3 is 25.2 Å². The lowest BCUT2D eigenvalue weighted by Gasteiger charge is -2.18. The van der Waals surface area contributed by atoms with Crippen molar-refractivity contribution in [3.05, 3.63) is 107 Å². The average Bonchev–Trinajstić information content (AvgIpc) is 4.01. The zero-order valence-corrected chi connectivity index (χ0v) is 30.3.